The standard InChI is InChI=1S/C18H22FN3O4/c1-12(23)21-16(11-13-6-8-14(19)9-7-13)17(24)22-15(18(25)26-2)5-3-4-10-20/h6-9,15-16H,3-5,11H2,1-2H3,(H,21,23)(H,22,24)/t15-,16+/m1/s1. The second kappa shape index (κ2) is 10.8. The first kappa shape index (κ1) is 21.1. The van der Waals surface area contributed by atoms with E-state index in [4.69, 9.17) is 5.26 Å². The maximum atomic E-state index is 13.0. The number of hydrogen-bond donors (Lipinski definition) is 2. The quantitative estimate of drug-likeness (QED) is 0.507. The summed E-state index contributed by atoms with van der Waals surface area (Å²) in [6.07, 6.45) is 1.04. The van der Waals surface area contributed by atoms with Crippen LogP contribution >= 0.6 is 0 Å². The van der Waals surface area contributed by atoms with Crippen LogP contribution in [0.2, 0.25) is 0 Å². The van der Waals surface area contributed by atoms with Crippen molar-refractivity contribution in [3.8, 4) is 6.07 Å². The Hall–Kier alpha value is -2.95. The molecule has 1 aromatic rings. The summed E-state index contributed by atoms with van der Waals surface area (Å²) in [5.41, 5.74) is 0.652. The van der Waals surface area contributed by atoms with Crippen molar-refractivity contribution in [2.45, 2.75) is 44.7 Å². The Morgan fingerprint density at radius 1 is 1.19 bits per heavy atom. The van der Waals surface area contributed by atoms with Crippen molar-refractivity contribution < 1.29 is 23.5 Å². The van der Waals surface area contributed by atoms with Crippen LogP contribution in [0.3, 0.4) is 0 Å². The highest BCUT2D eigenvalue weighted by Gasteiger charge is 2.26. The van der Waals surface area contributed by atoms with Gasteiger partial charge in [0, 0.05) is 19.8 Å². The number of methoxy groups -OCH3 is 1. The van der Waals surface area contributed by atoms with E-state index in [0.29, 0.717) is 12.0 Å². The number of nitrogens with one attached hydrogen (secondary N) is 2. The summed E-state index contributed by atoms with van der Waals surface area (Å²) in [4.78, 5) is 35.8. The van der Waals surface area contributed by atoms with Crippen LogP contribution in [-0.2, 0) is 25.5 Å². The first-order chi connectivity index (χ1) is 12.4. The van der Waals surface area contributed by atoms with E-state index in [0.717, 1.165) is 0 Å². The van der Waals surface area contributed by atoms with Crippen LogP contribution in [0.4, 0.5) is 4.39 Å². The molecule has 7 nitrogen and oxygen atoms in total. The van der Waals surface area contributed by atoms with Crippen LogP contribution in [0.15, 0.2) is 24.3 Å². The molecule has 0 bridgehead atoms. The Morgan fingerprint density at radius 2 is 1.85 bits per heavy atom. The lowest BCUT2D eigenvalue weighted by atomic mass is 10.0. The summed E-state index contributed by atoms with van der Waals surface area (Å²) in [7, 11) is 1.20. The number of carbonyl (C=O) groups excluding carboxylic acids is 3. The van der Waals surface area contributed by atoms with Gasteiger partial charge in [0.2, 0.25) is 11.8 Å². The van der Waals surface area contributed by atoms with Gasteiger partial charge in [0.15, 0.2) is 0 Å². The predicted molar refractivity (Wildman–Crippen MR) is 91.1 cm³/mol. The minimum Gasteiger partial charge on any atom is -0.467 e. The van der Waals surface area contributed by atoms with Crippen molar-refractivity contribution in [3.63, 3.8) is 0 Å². The first-order valence-corrected chi connectivity index (χ1v) is 8.14. The number of halogens is 1. The van der Waals surface area contributed by atoms with Gasteiger partial charge < -0.3 is 15.4 Å². The molecule has 0 saturated heterocycles. The van der Waals surface area contributed by atoms with Gasteiger partial charge in [0.1, 0.15) is 17.9 Å². The molecule has 0 aliphatic heterocycles. The average molecular weight is 363 g/mol. The van der Waals surface area contributed by atoms with Gasteiger partial charge >= 0.3 is 5.97 Å². The fourth-order valence-electron chi connectivity index (χ4n) is 2.36. The SMILES string of the molecule is COC(=O)[C@@H](CCCC#N)NC(=O)[C@H](Cc1ccc(F)cc1)NC(C)=O. The van der Waals surface area contributed by atoms with Crippen molar-refractivity contribution in [1.82, 2.24) is 10.6 Å². The van der Waals surface area contributed by atoms with Gasteiger partial charge in [-0.05, 0) is 30.5 Å². The lowest BCUT2D eigenvalue weighted by molar-refractivity contribution is -0.145. The minimum atomic E-state index is -0.930. The van der Waals surface area contributed by atoms with Gasteiger partial charge in [0.05, 0.1) is 13.2 Å². The summed E-state index contributed by atoms with van der Waals surface area (Å²) in [5.74, 6) is -2.00. The smallest absolute Gasteiger partial charge is 0.328 e. The topological polar surface area (TPSA) is 108 Å². The third-order valence-electron chi connectivity index (χ3n) is 3.63. The van der Waals surface area contributed by atoms with Gasteiger partial charge in [-0.2, -0.15) is 5.26 Å². The second-order valence-corrected chi connectivity index (χ2v) is 5.72. The number of rotatable bonds is 9. The number of carbonyl (C=O) groups is 3. The lowest BCUT2D eigenvalue weighted by Crippen LogP contribution is -2.52. The summed E-state index contributed by atoms with van der Waals surface area (Å²) in [5, 5.41) is 13.7. The third-order valence-corrected chi connectivity index (χ3v) is 3.63. The number of hydrogen-bond acceptors (Lipinski definition) is 5. The molecule has 0 saturated carbocycles. The Bertz CT molecular complexity index is 670. The molecule has 0 aliphatic carbocycles. The lowest BCUT2D eigenvalue weighted by Gasteiger charge is -2.22. The zero-order valence-corrected chi connectivity index (χ0v) is 14.8. The predicted octanol–water partition coefficient (Wildman–Crippen LogP) is 1.22. The third kappa shape index (κ3) is 7.30. The van der Waals surface area contributed by atoms with Crippen molar-refractivity contribution in [2.24, 2.45) is 0 Å². The molecule has 0 aliphatic rings. The molecule has 2 N–H and O–H groups in total. The number of amides is 2. The van der Waals surface area contributed by atoms with Crippen molar-refractivity contribution >= 4 is 17.8 Å². The highest BCUT2D eigenvalue weighted by Crippen LogP contribution is 2.08. The Morgan fingerprint density at radius 3 is 2.38 bits per heavy atom. The zero-order chi connectivity index (χ0) is 19.5. The fraction of sp³-hybridized carbons (Fsp3) is 0.444. The molecule has 0 unspecified atom stereocenters. The summed E-state index contributed by atoms with van der Waals surface area (Å²) >= 11 is 0. The van der Waals surface area contributed by atoms with Crippen LogP contribution in [0.5, 0.6) is 0 Å². The maximum absolute atomic E-state index is 13.0. The van der Waals surface area contributed by atoms with Gasteiger partial charge in [0.25, 0.3) is 0 Å². The zero-order valence-electron chi connectivity index (χ0n) is 14.8. The van der Waals surface area contributed by atoms with Gasteiger partial charge in [-0.3, -0.25) is 9.59 Å². The van der Waals surface area contributed by atoms with E-state index in [-0.39, 0.29) is 19.3 Å². The van der Waals surface area contributed by atoms with E-state index in [1.165, 1.54) is 38.3 Å². The Balaban J connectivity index is 2.84. The van der Waals surface area contributed by atoms with Crippen molar-refractivity contribution in [2.75, 3.05) is 7.11 Å². The summed E-state index contributed by atoms with van der Waals surface area (Å²) in [6.45, 7) is 1.27. The molecule has 2 amide bonds. The van der Waals surface area contributed by atoms with Crippen LogP contribution in [0, 0.1) is 17.1 Å². The Kier molecular flexibility index (Phi) is 8.78. The molecule has 140 valence electrons. The second-order valence-electron chi connectivity index (χ2n) is 5.72. The van der Waals surface area contributed by atoms with Crippen LogP contribution in [0.25, 0.3) is 0 Å². The molecule has 0 radical (unpaired) electrons. The number of esters is 1. The number of unbranched alkanes of at least 4 members (excludes halogenated alkanes) is 1. The van der Waals surface area contributed by atoms with Gasteiger partial charge in [-0.25, -0.2) is 9.18 Å². The largest absolute Gasteiger partial charge is 0.467 e. The monoisotopic (exact) mass is 363 g/mol. The molecular formula is C18H22FN3O4. The van der Waals surface area contributed by atoms with E-state index in [9.17, 15) is 18.8 Å². The van der Waals surface area contributed by atoms with Crippen LogP contribution in [0.1, 0.15) is 31.7 Å². The van der Waals surface area contributed by atoms with Gasteiger partial charge in [-0.15, -0.1) is 0 Å². The maximum Gasteiger partial charge on any atom is 0.328 e. The number of ether oxygens (including phenoxy) is 1. The molecule has 2 atom stereocenters. The number of nitrogens with zero attached hydrogens (tertiary/aromatic N) is 1. The molecule has 8 heteroatoms. The van der Waals surface area contributed by atoms with E-state index < -0.39 is 35.7 Å². The Labute approximate surface area is 151 Å². The molecule has 26 heavy (non-hydrogen) atoms. The van der Waals surface area contributed by atoms with E-state index >= 15 is 0 Å². The number of nitriles is 1. The fourth-order valence-corrected chi connectivity index (χ4v) is 2.36. The molecule has 0 heterocycles. The van der Waals surface area contributed by atoms with E-state index in [1.54, 1.807) is 0 Å². The number of benzene rings is 1. The molecule has 1 aromatic carbocycles. The summed E-state index contributed by atoms with van der Waals surface area (Å²) in [6, 6.07) is 5.68. The highest BCUT2D eigenvalue weighted by molar-refractivity contribution is 5.90. The molecule has 0 fully saturated rings. The van der Waals surface area contributed by atoms with Crippen LogP contribution in [-0.4, -0.2) is 37.0 Å². The normalized spacial score (nSPS) is 12.4. The minimum absolute atomic E-state index is 0.137. The van der Waals surface area contributed by atoms with Crippen LogP contribution < -0.4 is 10.6 Å². The highest BCUT2D eigenvalue weighted by atomic mass is 19.1. The van der Waals surface area contributed by atoms with E-state index in [2.05, 4.69) is 15.4 Å². The first-order valence-electron chi connectivity index (χ1n) is 8.14. The molecule has 1 rings (SSSR count). The van der Waals surface area contributed by atoms with E-state index in [1.807, 2.05) is 6.07 Å². The summed E-state index contributed by atoms with van der Waals surface area (Å²) < 4.78 is 17.7. The van der Waals surface area contributed by atoms with Crippen molar-refractivity contribution in [3.05, 3.63) is 35.6 Å². The molecular weight excluding hydrogens is 341 g/mol. The van der Waals surface area contributed by atoms with Crippen molar-refractivity contribution in [1.29, 1.82) is 5.26 Å². The molecule has 0 aromatic heterocycles. The van der Waals surface area contributed by atoms with Gasteiger partial charge in [-0.1, -0.05) is 12.1 Å². The average Bonchev–Trinajstić information content (AvgIpc) is 2.61. The molecule has 0 spiro atoms.